The molecule has 0 bridgehead atoms. The van der Waals surface area contributed by atoms with Crippen molar-refractivity contribution in [2.45, 2.75) is 39.8 Å². The summed E-state index contributed by atoms with van der Waals surface area (Å²) in [4.78, 5) is 13.0. The Hall–Kier alpha value is -1.99. The number of ether oxygens (including phenoxy) is 1. The molecule has 0 aliphatic heterocycles. The SMILES string of the molecule is CC(C)CN(CCCOc1cccc(CC(=O)O)c1)CC1=C(Cl)C(C(F)(F)F)C(C)C=C1. The zero-order valence-electron chi connectivity index (χ0n) is 18.7. The minimum atomic E-state index is -4.38. The molecule has 0 saturated carbocycles. The highest BCUT2D eigenvalue weighted by Crippen LogP contribution is 2.43. The molecule has 178 valence electrons. The van der Waals surface area contributed by atoms with E-state index >= 15 is 0 Å². The number of carbonyl (C=O) groups is 1. The van der Waals surface area contributed by atoms with Gasteiger partial charge in [0.2, 0.25) is 0 Å². The maximum atomic E-state index is 13.5. The van der Waals surface area contributed by atoms with Crippen LogP contribution in [0.5, 0.6) is 5.75 Å². The van der Waals surface area contributed by atoms with E-state index in [4.69, 9.17) is 21.4 Å². The number of carboxylic acid groups (broad SMARTS) is 1. The van der Waals surface area contributed by atoms with E-state index in [-0.39, 0.29) is 11.5 Å². The van der Waals surface area contributed by atoms with Gasteiger partial charge in [-0.15, -0.1) is 0 Å². The van der Waals surface area contributed by atoms with Crippen molar-refractivity contribution in [3.8, 4) is 5.75 Å². The maximum absolute atomic E-state index is 13.5. The van der Waals surface area contributed by atoms with E-state index in [1.54, 1.807) is 36.4 Å². The summed E-state index contributed by atoms with van der Waals surface area (Å²) in [7, 11) is 0. The third-order valence-corrected chi connectivity index (χ3v) is 5.70. The summed E-state index contributed by atoms with van der Waals surface area (Å²) >= 11 is 6.22. The lowest BCUT2D eigenvalue weighted by atomic mass is 9.86. The molecule has 32 heavy (non-hydrogen) atoms. The Morgan fingerprint density at radius 3 is 2.66 bits per heavy atom. The van der Waals surface area contributed by atoms with E-state index in [0.29, 0.717) is 48.9 Å². The summed E-state index contributed by atoms with van der Waals surface area (Å²) in [6.07, 6.45) is -0.477. The van der Waals surface area contributed by atoms with Crippen LogP contribution in [0.4, 0.5) is 13.2 Å². The highest BCUT2D eigenvalue weighted by atomic mass is 35.5. The third-order valence-electron chi connectivity index (χ3n) is 5.22. The Balaban J connectivity index is 1.97. The molecule has 2 unspecified atom stereocenters. The van der Waals surface area contributed by atoms with Gasteiger partial charge in [0.25, 0.3) is 0 Å². The first-order valence-corrected chi connectivity index (χ1v) is 11.1. The lowest BCUT2D eigenvalue weighted by Gasteiger charge is -2.31. The first-order chi connectivity index (χ1) is 15.0. The maximum Gasteiger partial charge on any atom is 0.397 e. The number of rotatable bonds is 11. The van der Waals surface area contributed by atoms with Crippen LogP contribution in [-0.4, -0.2) is 48.4 Å². The van der Waals surface area contributed by atoms with Gasteiger partial charge in [0.05, 0.1) is 18.9 Å². The predicted octanol–water partition coefficient (Wildman–Crippen LogP) is 5.92. The van der Waals surface area contributed by atoms with Crippen LogP contribution in [0, 0.1) is 17.8 Å². The molecule has 1 aromatic rings. The molecule has 0 amide bonds. The number of nitrogens with zero attached hydrogens (tertiary/aromatic N) is 1. The van der Waals surface area contributed by atoms with Crippen molar-refractivity contribution in [1.82, 2.24) is 4.90 Å². The van der Waals surface area contributed by atoms with Crippen molar-refractivity contribution in [3.05, 3.63) is 52.6 Å². The Morgan fingerprint density at radius 2 is 2.03 bits per heavy atom. The fourth-order valence-electron chi connectivity index (χ4n) is 3.85. The number of allylic oxidation sites excluding steroid dienone is 2. The van der Waals surface area contributed by atoms with Crippen LogP contribution in [0.3, 0.4) is 0 Å². The van der Waals surface area contributed by atoms with Crippen LogP contribution in [0.25, 0.3) is 0 Å². The molecule has 1 aliphatic rings. The number of alkyl halides is 3. The van der Waals surface area contributed by atoms with Gasteiger partial charge in [0, 0.05) is 24.7 Å². The lowest BCUT2D eigenvalue weighted by molar-refractivity contribution is -0.170. The molecule has 0 saturated heterocycles. The zero-order chi connectivity index (χ0) is 23.9. The van der Waals surface area contributed by atoms with Gasteiger partial charge < -0.3 is 9.84 Å². The topological polar surface area (TPSA) is 49.8 Å². The second-order valence-electron chi connectivity index (χ2n) is 8.66. The average molecular weight is 474 g/mol. The molecule has 1 aromatic carbocycles. The Kier molecular flexibility index (Phi) is 9.64. The van der Waals surface area contributed by atoms with Crippen LogP contribution in [0.15, 0.2) is 47.0 Å². The quantitative estimate of drug-likeness (QED) is 0.405. The van der Waals surface area contributed by atoms with Gasteiger partial charge in [0.1, 0.15) is 5.75 Å². The van der Waals surface area contributed by atoms with Crippen LogP contribution >= 0.6 is 11.6 Å². The predicted molar refractivity (Wildman–Crippen MR) is 120 cm³/mol. The van der Waals surface area contributed by atoms with E-state index in [1.807, 2.05) is 0 Å². The Labute approximate surface area is 192 Å². The van der Waals surface area contributed by atoms with E-state index in [1.165, 1.54) is 6.92 Å². The minimum absolute atomic E-state index is 0.0692. The molecule has 0 radical (unpaired) electrons. The van der Waals surface area contributed by atoms with E-state index in [2.05, 4.69) is 18.7 Å². The molecular weight excluding hydrogens is 443 g/mol. The van der Waals surface area contributed by atoms with Crippen molar-refractivity contribution >= 4 is 17.6 Å². The Morgan fingerprint density at radius 1 is 1.31 bits per heavy atom. The number of hydrogen-bond donors (Lipinski definition) is 1. The number of halogens is 4. The van der Waals surface area contributed by atoms with E-state index in [9.17, 15) is 18.0 Å². The fourth-order valence-corrected chi connectivity index (χ4v) is 4.29. The first kappa shape index (κ1) is 26.3. The van der Waals surface area contributed by atoms with E-state index in [0.717, 1.165) is 6.54 Å². The molecule has 8 heteroatoms. The van der Waals surface area contributed by atoms with Crippen molar-refractivity contribution < 1.29 is 27.8 Å². The number of hydrogen-bond acceptors (Lipinski definition) is 3. The molecular formula is C24H31ClF3NO3. The van der Waals surface area contributed by atoms with Gasteiger partial charge in [-0.25, -0.2) is 0 Å². The van der Waals surface area contributed by atoms with E-state index < -0.39 is 24.0 Å². The first-order valence-electron chi connectivity index (χ1n) is 10.8. The van der Waals surface area contributed by atoms with Crippen LogP contribution in [0.1, 0.15) is 32.8 Å². The normalized spacial score (nSPS) is 19.2. The minimum Gasteiger partial charge on any atom is -0.494 e. The summed E-state index contributed by atoms with van der Waals surface area (Å²) in [5.41, 5.74) is 1.17. The largest absolute Gasteiger partial charge is 0.494 e. The highest BCUT2D eigenvalue weighted by molar-refractivity contribution is 6.30. The number of aliphatic carboxylic acids is 1. The summed E-state index contributed by atoms with van der Waals surface area (Å²) in [6.45, 7) is 7.78. The summed E-state index contributed by atoms with van der Waals surface area (Å²) in [5.74, 6) is -2.31. The lowest BCUT2D eigenvalue weighted by Crippen LogP contribution is -2.35. The van der Waals surface area contributed by atoms with Crippen LogP contribution in [0.2, 0.25) is 0 Å². The van der Waals surface area contributed by atoms with Crippen molar-refractivity contribution in [2.24, 2.45) is 17.8 Å². The molecule has 1 N–H and O–H groups in total. The summed E-state index contributed by atoms with van der Waals surface area (Å²) in [5, 5.41) is 8.79. The molecule has 1 aliphatic carbocycles. The molecule has 2 atom stereocenters. The summed E-state index contributed by atoms with van der Waals surface area (Å²) < 4.78 is 46.1. The molecule has 0 heterocycles. The fraction of sp³-hybridized carbons (Fsp3) is 0.542. The van der Waals surface area contributed by atoms with Crippen LogP contribution < -0.4 is 4.74 Å². The highest BCUT2D eigenvalue weighted by Gasteiger charge is 2.46. The van der Waals surface area contributed by atoms with Gasteiger partial charge in [-0.1, -0.05) is 56.7 Å². The number of carboxylic acids is 1. The van der Waals surface area contributed by atoms with Gasteiger partial charge in [-0.2, -0.15) is 13.2 Å². The van der Waals surface area contributed by atoms with Crippen LogP contribution in [-0.2, 0) is 11.2 Å². The standard InChI is InChI=1S/C24H31ClF3NO3/c1-16(2)14-29(15-19-9-8-17(3)22(23(19)25)24(26,27)28)10-5-11-32-20-7-4-6-18(12-20)13-21(30)31/h4,6-9,12,16-17,22H,5,10-11,13-15H2,1-3H3,(H,30,31). The molecule has 0 fully saturated rings. The van der Waals surface area contributed by atoms with Crippen molar-refractivity contribution in [2.75, 3.05) is 26.2 Å². The molecule has 0 aromatic heterocycles. The number of benzene rings is 1. The van der Waals surface area contributed by atoms with Gasteiger partial charge in [-0.3, -0.25) is 9.69 Å². The monoisotopic (exact) mass is 473 g/mol. The van der Waals surface area contributed by atoms with Crippen molar-refractivity contribution in [1.29, 1.82) is 0 Å². The Bertz CT molecular complexity index is 836. The molecule has 2 rings (SSSR count). The second kappa shape index (κ2) is 11.8. The average Bonchev–Trinajstić information content (AvgIpc) is 2.65. The van der Waals surface area contributed by atoms with Gasteiger partial charge >= 0.3 is 12.1 Å². The zero-order valence-corrected chi connectivity index (χ0v) is 19.4. The smallest absolute Gasteiger partial charge is 0.397 e. The molecule has 4 nitrogen and oxygen atoms in total. The second-order valence-corrected chi connectivity index (χ2v) is 9.07. The molecule has 0 spiro atoms. The van der Waals surface area contributed by atoms with Crippen molar-refractivity contribution in [3.63, 3.8) is 0 Å². The third kappa shape index (κ3) is 8.17. The van der Waals surface area contributed by atoms with Gasteiger partial charge in [0.15, 0.2) is 0 Å². The summed E-state index contributed by atoms with van der Waals surface area (Å²) in [6, 6.07) is 6.96. The van der Waals surface area contributed by atoms with Gasteiger partial charge in [-0.05, 0) is 41.5 Å².